The van der Waals surface area contributed by atoms with Gasteiger partial charge in [-0.3, -0.25) is 4.31 Å². The van der Waals surface area contributed by atoms with Gasteiger partial charge in [-0.15, -0.1) is 0 Å². The molecule has 0 radical (unpaired) electrons. The largest absolute Gasteiger partial charge is 0.443 e. The number of carbonyl (C=O) groups is 1. The second-order valence-electron chi connectivity index (χ2n) is 5.87. The minimum atomic E-state index is -4.00. The highest BCUT2D eigenvalue weighted by Gasteiger charge is 2.38. The molecule has 1 amide bonds. The third-order valence-electron chi connectivity index (χ3n) is 2.91. The molecule has 1 fully saturated rings. The lowest BCUT2D eigenvalue weighted by Gasteiger charge is -2.30. The molecule has 1 saturated heterocycles. The first kappa shape index (κ1) is 18.3. The predicted octanol–water partition coefficient (Wildman–Crippen LogP) is 2.82. The van der Waals surface area contributed by atoms with Crippen LogP contribution in [-0.2, 0) is 14.9 Å². The third kappa shape index (κ3) is 4.37. The molecule has 0 bridgehead atoms. The fraction of sp³-hybridized carbons (Fsp3) is 0.533. The number of hydrogen-bond donors (Lipinski definition) is 0. The van der Waals surface area contributed by atoms with Crippen LogP contribution in [0.25, 0.3) is 0 Å². The number of hydrogen-bond acceptors (Lipinski definition) is 4. The topological polar surface area (TPSA) is 66.9 Å². The average molecular weight is 328 g/mol. The molecule has 0 aliphatic carbocycles. The van der Waals surface area contributed by atoms with Crippen LogP contribution in [-0.4, -0.2) is 41.8 Å². The lowest BCUT2D eigenvalue weighted by Crippen LogP contribution is -2.46. The Balaban J connectivity index is 3.19. The summed E-state index contributed by atoms with van der Waals surface area (Å²) in [6.45, 7) is 12.7. The van der Waals surface area contributed by atoms with Crippen LogP contribution in [0.5, 0.6) is 0 Å². The maximum absolute atomic E-state index is 12.8. The molecule has 0 unspecified atom stereocenters. The Morgan fingerprint density at radius 3 is 2.14 bits per heavy atom. The van der Waals surface area contributed by atoms with E-state index in [4.69, 9.17) is 4.74 Å². The van der Waals surface area contributed by atoms with Crippen LogP contribution in [0, 0.1) is 0 Å². The van der Waals surface area contributed by atoms with E-state index in [-0.39, 0.29) is 13.1 Å². The van der Waals surface area contributed by atoms with Crippen LogP contribution < -0.4 is 0 Å². The van der Waals surface area contributed by atoms with E-state index in [1.807, 2.05) is 0 Å². The van der Waals surface area contributed by atoms with E-state index in [2.05, 4.69) is 13.2 Å². The predicted molar refractivity (Wildman–Crippen MR) is 86.3 cm³/mol. The van der Waals surface area contributed by atoms with Crippen molar-refractivity contribution in [1.82, 2.24) is 8.61 Å². The van der Waals surface area contributed by atoms with Crippen LogP contribution >= 0.6 is 0 Å². The zero-order valence-corrected chi connectivity index (χ0v) is 14.2. The molecule has 0 aromatic rings. The Labute approximate surface area is 132 Å². The van der Waals surface area contributed by atoms with Gasteiger partial charge in [0.15, 0.2) is 0 Å². The summed E-state index contributed by atoms with van der Waals surface area (Å²) in [5, 5.41) is 0. The first-order chi connectivity index (χ1) is 10.1. The molecule has 0 N–H and O–H groups in total. The second-order valence-corrected chi connectivity index (χ2v) is 7.65. The summed E-state index contributed by atoms with van der Waals surface area (Å²) in [7, 11) is -4.00. The quantitative estimate of drug-likeness (QED) is 0.747. The third-order valence-corrected chi connectivity index (χ3v) is 4.75. The summed E-state index contributed by atoms with van der Waals surface area (Å²) in [6, 6.07) is 0. The highest BCUT2D eigenvalue weighted by molar-refractivity contribution is 7.87. The molecule has 0 aromatic heterocycles. The van der Waals surface area contributed by atoms with Crippen molar-refractivity contribution in [3.8, 4) is 0 Å². The second kappa shape index (κ2) is 7.00. The van der Waals surface area contributed by atoms with Gasteiger partial charge in [0.2, 0.25) is 0 Å². The van der Waals surface area contributed by atoms with Gasteiger partial charge < -0.3 is 4.74 Å². The van der Waals surface area contributed by atoms with Crippen LogP contribution in [0.3, 0.4) is 0 Å². The van der Waals surface area contributed by atoms with Crippen molar-refractivity contribution >= 4 is 16.3 Å². The maximum atomic E-state index is 12.8. The van der Waals surface area contributed by atoms with Crippen molar-refractivity contribution in [2.24, 2.45) is 0 Å². The summed E-state index contributed by atoms with van der Waals surface area (Å²) in [4.78, 5) is 12.2. The summed E-state index contributed by atoms with van der Waals surface area (Å²) in [5.41, 5.74) is -0.382. The highest BCUT2D eigenvalue weighted by atomic mass is 32.2. The monoisotopic (exact) mass is 328 g/mol. The van der Waals surface area contributed by atoms with Crippen molar-refractivity contribution in [3.63, 3.8) is 0 Å². The van der Waals surface area contributed by atoms with E-state index in [1.165, 1.54) is 16.5 Å². The first-order valence-electron chi connectivity index (χ1n) is 7.12. The number of allylic oxidation sites excluding steroid dienone is 3. The molecular formula is C15H24N2O4S. The van der Waals surface area contributed by atoms with Crippen LogP contribution in [0.2, 0.25) is 0 Å². The molecule has 124 valence electrons. The summed E-state index contributed by atoms with van der Waals surface area (Å²) >= 11 is 0. The number of nitrogens with zero attached hydrogens (tertiary/aromatic N) is 2. The Kier molecular flexibility index (Phi) is 5.82. The fourth-order valence-electron chi connectivity index (χ4n) is 1.99. The summed E-state index contributed by atoms with van der Waals surface area (Å²) in [6.07, 6.45) is 4.81. The molecule has 0 spiro atoms. The SMILES string of the molecule is C=C/C=C(\C=C)N1CCCCN(C(=O)OC(C)(C)C)S1(=O)=O. The zero-order chi connectivity index (χ0) is 17.0. The van der Waals surface area contributed by atoms with Crippen LogP contribution in [0.4, 0.5) is 4.79 Å². The van der Waals surface area contributed by atoms with Gasteiger partial charge in [-0.1, -0.05) is 19.2 Å². The smallest absolute Gasteiger partial charge is 0.425 e. The van der Waals surface area contributed by atoms with E-state index in [0.717, 1.165) is 4.31 Å². The van der Waals surface area contributed by atoms with Gasteiger partial charge in [-0.25, -0.2) is 4.79 Å². The van der Waals surface area contributed by atoms with E-state index < -0.39 is 21.9 Å². The van der Waals surface area contributed by atoms with Gasteiger partial charge in [0, 0.05) is 13.1 Å². The van der Waals surface area contributed by atoms with Crippen molar-refractivity contribution in [3.05, 3.63) is 37.1 Å². The van der Waals surface area contributed by atoms with E-state index in [9.17, 15) is 13.2 Å². The molecule has 0 saturated carbocycles. The molecule has 22 heavy (non-hydrogen) atoms. The fourth-order valence-corrected chi connectivity index (χ4v) is 3.58. The van der Waals surface area contributed by atoms with Crippen molar-refractivity contribution in [1.29, 1.82) is 0 Å². The van der Waals surface area contributed by atoms with Gasteiger partial charge in [0.25, 0.3) is 0 Å². The molecule has 1 aliphatic heterocycles. The molecule has 7 heteroatoms. The van der Waals surface area contributed by atoms with E-state index in [1.54, 1.807) is 26.8 Å². The summed E-state index contributed by atoms with van der Waals surface area (Å²) < 4.78 is 32.7. The summed E-state index contributed by atoms with van der Waals surface area (Å²) in [5.74, 6) is 0. The molecule has 0 aromatic carbocycles. The van der Waals surface area contributed by atoms with E-state index in [0.29, 0.717) is 18.5 Å². The Bertz CT molecular complexity index is 573. The molecule has 1 aliphatic rings. The van der Waals surface area contributed by atoms with Gasteiger partial charge in [-0.05, 0) is 45.8 Å². The van der Waals surface area contributed by atoms with Gasteiger partial charge in [-0.2, -0.15) is 12.7 Å². The van der Waals surface area contributed by atoms with Crippen LogP contribution in [0.15, 0.2) is 37.1 Å². The van der Waals surface area contributed by atoms with Gasteiger partial charge in [0.05, 0.1) is 5.70 Å². The number of rotatable bonds is 3. The highest BCUT2D eigenvalue weighted by Crippen LogP contribution is 2.23. The standard InChI is InChI=1S/C15H24N2O4S/c1-6-10-13(7-2)16-11-8-9-12-17(22(16,19)20)14(18)21-15(3,4)5/h6-7,10H,1-2,8-9,11-12H2,3-5H3/b13-10+. The Hall–Kier alpha value is -1.76. The zero-order valence-electron chi connectivity index (χ0n) is 13.4. The van der Waals surface area contributed by atoms with Crippen molar-refractivity contribution in [2.45, 2.75) is 39.2 Å². The lowest BCUT2D eigenvalue weighted by molar-refractivity contribution is 0.0388. The molecular weight excluding hydrogens is 304 g/mol. The number of ether oxygens (including phenoxy) is 1. The maximum Gasteiger partial charge on any atom is 0.425 e. The molecule has 1 rings (SSSR count). The minimum Gasteiger partial charge on any atom is -0.443 e. The Morgan fingerprint density at radius 2 is 1.68 bits per heavy atom. The van der Waals surface area contributed by atoms with Crippen molar-refractivity contribution in [2.75, 3.05) is 13.1 Å². The molecule has 6 nitrogen and oxygen atoms in total. The normalized spacial score (nSPS) is 19.3. The minimum absolute atomic E-state index is 0.103. The average Bonchev–Trinajstić information content (AvgIpc) is 2.52. The number of carbonyl (C=O) groups excluding carboxylic acids is 1. The lowest BCUT2D eigenvalue weighted by atomic mass is 10.2. The molecule has 0 atom stereocenters. The van der Waals surface area contributed by atoms with E-state index >= 15 is 0 Å². The van der Waals surface area contributed by atoms with Gasteiger partial charge in [0.1, 0.15) is 5.60 Å². The van der Waals surface area contributed by atoms with Gasteiger partial charge >= 0.3 is 16.3 Å². The van der Waals surface area contributed by atoms with Crippen molar-refractivity contribution < 1.29 is 17.9 Å². The number of amides is 1. The van der Waals surface area contributed by atoms with Crippen LogP contribution in [0.1, 0.15) is 33.6 Å². The first-order valence-corrected chi connectivity index (χ1v) is 8.51. The Morgan fingerprint density at radius 1 is 1.14 bits per heavy atom. The molecule has 1 heterocycles.